The van der Waals surface area contributed by atoms with E-state index in [4.69, 9.17) is 14.7 Å². The second kappa shape index (κ2) is 9.38. The van der Waals surface area contributed by atoms with Crippen LogP contribution < -0.4 is 15.9 Å². The molecule has 33 heavy (non-hydrogen) atoms. The zero-order valence-corrected chi connectivity index (χ0v) is 19.9. The Labute approximate surface area is 195 Å². The van der Waals surface area contributed by atoms with Gasteiger partial charge < -0.3 is 15.2 Å². The molecule has 0 saturated heterocycles. The van der Waals surface area contributed by atoms with Gasteiger partial charge in [0.15, 0.2) is 0 Å². The van der Waals surface area contributed by atoms with Crippen LogP contribution in [-0.4, -0.2) is 28.2 Å². The monoisotopic (exact) mass is 447 g/mol. The average molecular weight is 448 g/mol. The molecule has 174 valence electrons. The third kappa shape index (κ3) is 5.10. The van der Waals surface area contributed by atoms with Crippen LogP contribution in [0.3, 0.4) is 0 Å². The highest BCUT2D eigenvalue weighted by molar-refractivity contribution is 5.70. The van der Waals surface area contributed by atoms with Gasteiger partial charge in [-0.3, -0.25) is 4.79 Å². The van der Waals surface area contributed by atoms with Crippen LogP contribution >= 0.6 is 0 Å². The smallest absolute Gasteiger partial charge is 0.306 e. The molecule has 2 N–H and O–H groups in total. The molecule has 2 aliphatic rings. The number of hydrogen-bond donors (Lipinski definition) is 2. The Morgan fingerprint density at radius 1 is 1.24 bits per heavy atom. The SMILES string of the molecule is COC1=CC2(C/C=c3/c(NC(C)c4cccc(C)c4)nc(C)nc3=C1)CCC(C(=O)O)CC2. The Bertz CT molecular complexity index is 1190. The molecule has 0 amide bonds. The number of carbonyl (C=O) groups is 1. The zero-order valence-electron chi connectivity index (χ0n) is 19.9. The quantitative estimate of drug-likeness (QED) is 0.720. The van der Waals surface area contributed by atoms with Crippen LogP contribution in [0.15, 0.2) is 36.1 Å². The Morgan fingerprint density at radius 2 is 2.00 bits per heavy atom. The van der Waals surface area contributed by atoms with Gasteiger partial charge in [-0.25, -0.2) is 9.97 Å². The van der Waals surface area contributed by atoms with E-state index in [1.54, 1.807) is 7.11 Å². The Morgan fingerprint density at radius 3 is 2.67 bits per heavy atom. The summed E-state index contributed by atoms with van der Waals surface area (Å²) in [5.74, 6) is 1.34. The lowest BCUT2D eigenvalue weighted by Crippen LogP contribution is -2.37. The number of rotatable bonds is 5. The van der Waals surface area contributed by atoms with E-state index in [0.717, 1.165) is 41.4 Å². The molecular formula is C27H33N3O3. The molecule has 1 atom stereocenters. The third-order valence-electron chi connectivity index (χ3n) is 6.99. The molecule has 6 heteroatoms. The fourth-order valence-electron chi connectivity index (χ4n) is 5.00. The molecule has 1 spiro atoms. The Balaban J connectivity index is 1.73. The number of aromatic nitrogens is 2. The molecule has 1 heterocycles. The van der Waals surface area contributed by atoms with Gasteiger partial charge in [-0.1, -0.05) is 35.9 Å². The Hall–Kier alpha value is -3.15. The number of nitrogens with zero attached hydrogens (tertiary/aromatic N) is 2. The van der Waals surface area contributed by atoms with Gasteiger partial charge in [0.2, 0.25) is 0 Å². The highest BCUT2D eigenvalue weighted by Crippen LogP contribution is 2.44. The minimum atomic E-state index is -0.687. The predicted octanol–water partition coefficient (Wildman–Crippen LogP) is 4.02. The Kier molecular flexibility index (Phi) is 6.54. The summed E-state index contributed by atoms with van der Waals surface area (Å²) >= 11 is 0. The standard InChI is InChI=1S/C27H33N3O3/c1-17-6-5-7-21(14-17)18(2)28-25-23-10-13-27(11-8-20(9-12-27)26(31)32)16-22(33-4)15-24(23)29-19(3)30-25/h5-7,10,14-16,18,20H,8-9,11-13H2,1-4H3,(H,31,32)(H,28,29,30)/b22-16?,23-10+,24-15?. The number of anilines is 1. The minimum absolute atomic E-state index is 0.0829. The maximum atomic E-state index is 11.5. The number of fused-ring (bicyclic) bond motifs is 1. The zero-order chi connectivity index (χ0) is 23.6. The molecule has 0 aliphatic heterocycles. The molecule has 2 aromatic rings. The summed E-state index contributed by atoms with van der Waals surface area (Å²) in [5.41, 5.74) is 2.32. The van der Waals surface area contributed by atoms with Crippen molar-refractivity contribution in [2.24, 2.45) is 11.3 Å². The van der Waals surface area contributed by atoms with Crippen LogP contribution in [0.1, 0.15) is 62.0 Å². The molecule has 4 rings (SSSR count). The van der Waals surface area contributed by atoms with E-state index < -0.39 is 5.97 Å². The first kappa shape index (κ1) is 23.0. The van der Waals surface area contributed by atoms with Crippen LogP contribution in [-0.2, 0) is 9.53 Å². The molecule has 1 fully saturated rings. The van der Waals surface area contributed by atoms with Crippen molar-refractivity contribution >= 4 is 23.9 Å². The van der Waals surface area contributed by atoms with E-state index in [9.17, 15) is 9.90 Å². The van der Waals surface area contributed by atoms with Crippen molar-refractivity contribution in [1.82, 2.24) is 9.97 Å². The van der Waals surface area contributed by atoms with Crippen molar-refractivity contribution < 1.29 is 14.6 Å². The molecule has 1 aromatic carbocycles. The van der Waals surface area contributed by atoms with Crippen molar-refractivity contribution in [1.29, 1.82) is 0 Å². The summed E-state index contributed by atoms with van der Waals surface area (Å²) in [5, 5.41) is 14.9. The van der Waals surface area contributed by atoms with Gasteiger partial charge in [-0.2, -0.15) is 0 Å². The number of aryl methyl sites for hydroxylation is 2. The summed E-state index contributed by atoms with van der Waals surface area (Å²) < 4.78 is 5.72. The van der Waals surface area contributed by atoms with Crippen molar-refractivity contribution in [3.63, 3.8) is 0 Å². The highest BCUT2D eigenvalue weighted by atomic mass is 16.5. The molecular weight excluding hydrogens is 414 g/mol. The summed E-state index contributed by atoms with van der Waals surface area (Å²) in [4.78, 5) is 20.9. The number of hydrogen-bond acceptors (Lipinski definition) is 5. The number of methoxy groups -OCH3 is 1. The average Bonchev–Trinajstić information content (AvgIpc) is 2.77. The number of carboxylic acid groups (broad SMARTS) is 1. The van der Waals surface area contributed by atoms with E-state index in [2.05, 4.69) is 55.6 Å². The molecule has 1 saturated carbocycles. The van der Waals surface area contributed by atoms with Crippen LogP contribution in [0.5, 0.6) is 0 Å². The number of ether oxygens (including phenoxy) is 1. The lowest BCUT2D eigenvalue weighted by atomic mass is 9.68. The molecule has 0 bridgehead atoms. The van der Waals surface area contributed by atoms with Gasteiger partial charge in [-0.05, 0) is 69.9 Å². The second-order valence-electron chi connectivity index (χ2n) is 9.48. The summed E-state index contributed by atoms with van der Waals surface area (Å²) in [6.45, 7) is 6.14. The van der Waals surface area contributed by atoms with Gasteiger partial charge in [0.1, 0.15) is 17.4 Å². The third-order valence-corrected chi connectivity index (χ3v) is 6.99. The number of allylic oxidation sites excluding steroid dienone is 2. The fourth-order valence-corrected chi connectivity index (χ4v) is 5.00. The minimum Gasteiger partial charge on any atom is -0.497 e. The van der Waals surface area contributed by atoms with Gasteiger partial charge in [0.05, 0.1) is 18.4 Å². The molecule has 6 nitrogen and oxygen atoms in total. The predicted molar refractivity (Wildman–Crippen MR) is 130 cm³/mol. The topological polar surface area (TPSA) is 84.3 Å². The van der Waals surface area contributed by atoms with Crippen LogP contribution in [0.2, 0.25) is 0 Å². The van der Waals surface area contributed by atoms with Crippen molar-refractivity contribution in [2.75, 3.05) is 12.4 Å². The van der Waals surface area contributed by atoms with Gasteiger partial charge >= 0.3 is 5.97 Å². The van der Waals surface area contributed by atoms with Gasteiger partial charge in [-0.15, -0.1) is 0 Å². The summed E-state index contributed by atoms with van der Waals surface area (Å²) in [6.07, 6.45) is 10.2. The first-order valence-corrected chi connectivity index (χ1v) is 11.7. The number of benzene rings is 1. The highest BCUT2D eigenvalue weighted by Gasteiger charge is 2.36. The van der Waals surface area contributed by atoms with Crippen LogP contribution in [0.4, 0.5) is 5.82 Å². The summed E-state index contributed by atoms with van der Waals surface area (Å²) in [7, 11) is 1.68. The van der Waals surface area contributed by atoms with E-state index in [1.165, 1.54) is 11.1 Å². The van der Waals surface area contributed by atoms with E-state index in [-0.39, 0.29) is 17.4 Å². The van der Waals surface area contributed by atoms with Crippen LogP contribution in [0.25, 0.3) is 12.2 Å². The maximum Gasteiger partial charge on any atom is 0.306 e. The van der Waals surface area contributed by atoms with Crippen molar-refractivity contribution in [2.45, 2.75) is 58.9 Å². The first-order valence-electron chi connectivity index (χ1n) is 11.7. The largest absolute Gasteiger partial charge is 0.497 e. The molecule has 1 aromatic heterocycles. The second-order valence-corrected chi connectivity index (χ2v) is 9.48. The van der Waals surface area contributed by atoms with Gasteiger partial charge in [0.25, 0.3) is 0 Å². The molecule has 1 unspecified atom stereocenters. The van der Waals surface area contributed by atoms with Crippen molar-refractivity contribution in [3.05, 3.63) is 63.6 Å². The number of nitrogens with one attached hydrogen (secondary N) is 1. The van der Waals surface area contributed by atoms with Gasteiger partial charge in [0, 0.05) is 17.3 Å². The van der Waals surface area contributed by atoms with E-state index >= 15 is 0 Å². The summed E-state index contributed by atoms with van der Waals surface area (Å²) in [6, 6.07) is 8.57. The molecule has 0 radical (unpaired) electrons. The maximum absolute atomic E-state index is 11.5. The normalized spacial score (nSPS) is 24.2. The van der Waals surface area contributed by atoms with E-state index in [0.29, 0.717) is 18.7 Å². The lowest BCUT2D eigenvalue weighted by molar-refractivity contribution is -0.143. The number of aliphatic carboxylic acids is 1. The first-order chi connectivity index (χ1) is 15.8. The number of carboxylic acids is 1. The van der Waals surface area contributed by atoms with E-state index in [1.807, 2.05) is 13.0 Å². The van der Waals surface area contributed by atoms with Crippen LogP contribution in [0, 0.1) is 25.2 Å². The van der Waals surface area contributed by atoms with Crippen molar-refractivity contribution in [3.8, 4) is 0 Å². The fraction of sp³-hybridized carbons (Fsp3) is 0.444. The molecule has 2 aliphatic carbocycles. The lowest BCUT2D eigenvalue weighted by Gasteiger charge is -2.37.